The number of benzene rings is 2. The maximum atomic E-state index is 16.7. The molecule has 0 bridgehead atoms. The summed E-state index contributed by atoms with van der Waals surface area (Å²) in [6.45, 7) is 9.24. The van der Waals surface area contributed by atoms with Crippen LogP contribution >= 0.6 is 0 Å². The van der Waals surface area contributed by atoms with Crippen LogP contribution in [0.4, 0.5) is 10.1 Å². The number of nitrogens with zero attached hydrogens (tertiary/aromatic N) is 4. The van der Waals surface area contributed by atoms with Crippen LogP contribution in [0.15, 0.2) is 29.1 Å². The van der Waals surface area contributed by atoms with Gasteiger partial charge in [0.1, 0.15) is 17.1 Å². The van der Waals surface area contributed by atoms with Gasteiger partial charge in [-0.2, -0.15) is 5.26 Å². The highest BCUT2D eigenvalue weighted by molar-refractivity contribution is 6.10. The Hall–Kier alpha value is -3.51. The molecular weight excluding hydrogens is 456 g/mol. The maximum Gasteiger partial charge on any atom is 0.199 e. The van der Waals surface area contributed by atoms with Crippen molar-refractivity contribution in [1.29, 1.82) is 5.26 Å². The van der Waals surface area contributed by atoms with Gasteiger partial charge in [-0.05, 0) is 52.3 Å². The third-order valence-corrected chi connectivity index (χ3v) is 7.41. The zero-order chi connectivity index (χ0) is 25.9. The van der Waals surface area contributed by atoms with Crippen LogP contribution in [0.3, 0.4) is 0 Å². The van der Waals surface area contributed by atoms with Gasteiger partial charge in [-0.25, -0.2) is 4.39 Å². The Kier molecular flexibility index (Phi) is 5.96. The molecule has 0 saturated carbocycles. The van der Waals surface area contributed by atoms with Gasteiger partial charge in [-0.15, -0.1) is 0 Å². The van der Waals surface area contributed by atoms with E-state index in [1.807, 2.05) is 23.3 Å². The van der Waals surface area contributed by atoms with E-state index < -0.39 is 5.82 Å². The fourth-order valence-corrected chi connectivity index (χ4v) is 5.79. The molecule has 2 radical (unpaired) electrons. The second-order valence-corrected chi connectivity index (χ2v) is 9.95. The number of aromatic nitrogens is 2. The number of H-pyrrole nitrogens is 1. The number of pyridine rings is 1. The Morgan fingerprint density at radius 3 is 2.50 bits per heavy atom. The molecule has 0 aliphatic carbocycles. The number of aromatic amines is 1. The highest BCUT2D eigenvalue weighted by Gasteiger charge is 2.33. The minimum atomic E-state index is -0.478. The number of nitrogens with one attached hydrogen (secondary N) is 1. The first-order valence-corrected chi connectivity index (χ1v) is 12.2. The average Bonchev–Trinajstić information content (AvgIpc) is 3.22. The molecule has 1 saturated heterocycles. The Morgan fingerprint density at radius 1 is 1.22 bits per heavy atom. The summed E-state index contributed by atoms with van der Waals surface area (Å²) < 4.78 is 24.2. The zero-order valence-electron chi connectivity index (χ0n) is 21.2. The predicted octanol–water partition coefficient (Wildman–Crippen LogP) is 4.26. The minimum Gasteiger partial charge on any atom is -0.494 e. The number of anilines is 1. The number of rotatable bonds is 4. The van der Waals surface area contributed by atoms with E-state index in [-0.39, 0.29) is 34.5 Å². The lowest BCUT2D eigenvalue weighted by Crippen LogP contribution is -2.57. The summed E-state index contributed by atoms with van der Waals surface area (Å²) >= 11 is 0. The molecule has 1 aliphatic heterocycles. The molecular formula is C27H29BFN5O2. The monoisotopic (exact) mass is 485 g/mol. The van der Waals surface area contributed by atoms with Crippen LogP contribution in [-0.4, -0.2) is 61.0 Å². The molecule has 5 rings (SSSR count). The minimum absolute atomic E-state index is 0.122. The smallest absolute Gasteiger partial charge is 0.199 e. The van der Waals surface area contributed by atoms with Crippen LogP contribution in [0, 0.1) is 17.1 Å². The van der Waals surface area contributed by atoms with Crippen LogP contribution in [0.2, 0.25) is 0 Å². The molecule has 1 aliphatic rings. The highest BCUT2D eigenvalue weighted by Crippen LogP contribution is 2.40. The van der Waals surface area contributed by atoms with Gasteiger partial charge in [-0.3, -0.25) is 4.79 Å². The van der Waals surface area contributed by atoms with Crippen LogP contribution in [0.5, 0.6) is 5.75 Å². The molecule has 2 aromatic carbocycles. The summed E-state index contributed by atoms with van der Waals surface area (Å²) in [7, 11) is 7.45. The molecule has 7 nitrogen and oxygen atoms in total. The molecule has 1 fully saturated rings. The van der Waals surface area contributed by atoms with E-state index in [0.29, 0.717) is 58.5 Å². The van der Waals surface area contributed by atoms with Crippen LogP contribution < -0.4 is 15.1 Å². The third-order valence-electron chi connectivity index (χ3n) is 7.41. The Labute approximate surface area is 210 Å². The summed E-state index contributed by atoms with van der Waals surface area (Å²) in [6, 6.07) is 9.06. The number of halogens is 1. The van der Waals surface area contributed by atoms with Crippen molar-refractivity contribution in [3.63, 3.8) is 0 Å². The van der Waals surface area contributed by atoms with Crippen molar-refractivity contribution in [2.75, 3.05) is 31.5 Å². The second-order valence-electron chi connectivity index (χ2n) is 9.95. The molecule has 9 heteroatoms. The van der Waals surface area contributed by atoms with Crippen molar-refractivity contribution >= 4 is 46.4 Å². The zero-order valence-corrected chi connectivity index (χ0v) is 21.2. The predicted molar refractivity (Wildman–Crippen MR) is 143 cm³/mol. The molecule has 36 heavy (non-hydrogen) atoms. The first-order chi connectivity index (χ1) is 17.2. The molecule has 0 amide bonds. The normalized spacial score (nSPS) is 19.0. The summed E-state index contributed by atoms with van der Waals surface area (Å²) in [4.78, 5) is 21.3. The molecule has 0 spiro atoms. The molecule has 4 aromatic rings. The number of hydrogen-bond donors (Lipinski definition) is 1. The van der Waals surface area contributed by atoms with E-state index in [2.05, 4.69) is 29.8 Å². The fourth-order valence-electron chi connectivity index (χ4n) is 5.79. The fraction of sp³-hybridized carbons (Fsp3) is 0.407. The van der Waals surface area contributed by atoms with Gasteiger partial charge in [-0.1, -0.05) is 6.07 Å². The lowest BCUT2D eigenvalue weighted by Gasteiger charge is -2.45. The quantitative estimate of drug-likeness (QED) is 0.437. The first kappa shape index (κ1) is 24.2. The summed E-state index contributed by atoms with van der Waals surface area (Å²) in [5, 5.41) is 10.8. The number of nitriles is 1. The van der Waals surface area contributed by atoms with Crippen molar-refractivity contribution in [3.8, 4) is 11.8 Å². The number of hydrogen-bond acceptors (Lipinski definition) is 5. The molecule has 2 atom stereocenters. The summed E-state index contributed by atoms with van der Waals surface area (Å²) in [5.41, 5.74) is 2.02. The van der Waals surface area contributed by atoms with Gasteiger partial charge in [0.25, 0.3) is 0 Å². The lowest BCUT2D eigenvalue weighted by molar-refractivity contribution is 0.158. The van der Waals surface area contributed by atoms with Crippen LogP contribution in [-0.2, 0) is 0 Å². The summed E-state index contributed by atoms with van der Waals surface area (Å²) in [6.07, 6.45) is 0.437. The van der Waals surface area contributed by atoms with E-state index in [9.17, 15) is 10.1 Å². The average molecular weight is 485 g/mol. The number of piperazine rings is 1. The second kappa shape index (κ2) is 8.86. The summed E-state index contributed by atoms with van der Waals surface area (Å²) in [5.74, 6) is -0.145. The highest BCUT2D eigenvalue weighted by atomic mass is 19.1. The van der Waals surface area contributed by atoms with Crippen LogP contribution in [0.25, 0.3) is 32.8 Å². The van der Waals surface area contributed by atoms with E-state index >= 15 is 4.39 Å². The van der Waals surface area contributed by atoms with E-state index in [1.54, 1.807) is 24.3 Å². The van der Waals surface area contributed by atoms with Crippen LogP contribution in [0.1, 0.15) is 39.3 Å². The molecule has 1 N–H and O–H groups in total. The van der Waals surface area contributed by atoms with Gasteiger partial charge in [0.05, 0.1) is 42.9 Å². The number of fused-ring (bicyclic) bond motifs is 4. The van der Waals surface area contributed by atoms with Gasteiger partial charge in [0, 0.05) is 42.1 Å². The Morgan fingerprint density at radius 2 is 1.92 bits per heavy atom. The molecule has 184 valence electrons. The standard InChI is InChI=1S/C27H29BFN5O2/c1-14(2)34-24-19(26(35)22-18-7-6-17(10-30)8-20(18)31-27(22)34)9-21(36-5)25(23(24)29)32-11-15(3)33(13-28)16(4)12-32/h6-9,14-16,31H,11-13H2,1-5H3/t15-,16+. The Bertz CT molecular complexity index is 1590. The van der Waals surface area contributed by atoms with Gasteiger partial charge in [0.15, 0.2) is 11.2 Å². The number of ether oxygens (including phenoxy) is 1. The van der Waals surface area contributed by atoms with Crippen molar-refractivity contribution < 1.29 is 9.13 Å². The van der Waals surface area contributed by atoms with Gasteiger partial charge >= 0.3 is 0 Å². The largest absolute Gasteiger partial charge is 0.494 e. The third kappa shape index (κ3) is 3.47. The number of methoxy groups -OCH3 is 1. The van der Waals surface area contributed by atoms with Gasteiger partial charge < -0.3 is 24.1 Å². The van der Waals surface area contributed by atoms with E-state index in [0.717, 1.165) is 0 Å². The molecule has 2 aromatic heterocycles. The van der Waals surface area contributed by atoms with E-state index in [4.69, 9.17) is 12.6 Å². The Balaban J connectivity index is 1.86. The SMILES string of the molecule is [B]CN1[C@H](C)CN(c2c(OC)cc3c(=O)c4c5ccc(C#N)cc5[nH]c4n(C(C)C)c3c2F)C[C@@H]1C. The van der Waals surface area contributed by atoms with Crippen molar-refractivity contribution in [2.45, 2.75) is 45.8 Å². The first-order valence-electron chi connectivity index (χ1n) is 12.2. The van der Waals surface area contributed by atoms with Gasteiger partial charge in [0.2, 0.25) is 0 Å². The lowest BCUT2D eigenvalue weighted by atomic mass is 10.0. The molecule has 3 heterocycles. The van der Waals surface area contributed by atoms with E-state index in [1.165, 1.54) is 7.11 Å². The van der Waals surface area contributed by atoms with Crippen molar-refractivity contribution in [3.05, 3.63) is 45.9 Å². The molecule has 0 unspecified atom stereocenters. The topological polar surface area (TPSA) is 77.3 Å². The van der Waals surface area contributed by atoms with Crippen molar-refractivity contribution in [2.24, 2.45) is 0 Å². The maximum absolute atomic E-state index is 16.7. The van der Waals surface area contributed by atoms with Crippen molar-refractivity contribution in [1.82, 2.24) is 14.5 Å².